The highest BCUT2D eigenvalue weighted by atomic mass is 16.5. The minimum absolute atomic E-state index is 0.336. The number of anilines is 2. The summed E-state index contributed by atoms with van der Waals surface area (Å²) in [6, 6.07) is 21.2. The van der Waals surface area contributed by atoms with E-state index in [1.54, 1.807) is 72.8 Å². The molecule has 3 amide bonds. The molecule has 3 rings (SSSR count). The summed E-state index contributed by atoms with van der Waals surface area (Å²) in [5, 5.41) is 11.5. The maximum absolute atomic E-state index is 13.6. The number of benzene rings is 3. The van der Waals surface area contributed by atoms with Crippen molar-refractivity contribution in [1.82, 2.24) is 0 Å². The Kier molecular flexibility index (Phi) is 6.57. The van der Waals surface area contributed by atoms with Crippen LogP contribution in [0.4, 0.5) is 16.2 Å². The third-order valence-corrected chi connectivity index (χ3v) is 4.94. The van der Waals surface area contributed by atoms with E-state index < -0.39 is 11.8 Å². The summed E-state index contributed by atoms with van der Waals surface area (Å²) in [6.07, 6.45) is 0.418. The fourth-order valence-electron chi connectivity index (χ4n) is 3.23. The van der Waals surface area contributed by atoms with Crippen molar-refractivity contribution in [1.29, 1.82) is 0 Å². The summed E-state index contributed by atoms with van der Waals surface area (Å²) >= 11 is 0. The number of hydrogen-bond donors (Lipinski definition) is 1. The predicted molar refractivity (Wildman–Crippen MR) is 118 cm³/mol. The van der Waals surface area contributed by atoms with Crippen molar-refractivity contribution < 1.29 is 24.2 Å². The van der Waals surface area contributed by atoms with Gasteiger partial charge in [0, 0.05) is 11.3 Å². The average molecular weight is 420 g/mol. The van der Waals surface area contributed by atoms with Gasteiger partial charge in [0.2, 0.25) is 6.41 Å². The van der Waals surface area contributed by atoms with Gasteiger partial charge in [-0.15, -0.1) is 0 Å². The van der Waals surface area contributed by atoms with Gasteiger partial charge in [0.15, 0.2) is 5.72 Å². The number of ether oxygens (including phenoxy) is 2. The predicted octanol–water partition coefficient (Wildman–Crippen LogP) is 4.16. The Bertz CT molecular complexity index is 1020. The molecule has 0 spiro atoms. The standard InChI is InChI=1S/C24H24N2O5/c1-24(29,18-7-5-4-6-8-18)26(20-11-15-22(31-3)16-12-20)23(28)25(17-27)19-9-13-21(30-2)14-10-19/h4-17,29H,1-3H3. The van der Waals surface area contributed by atoms with E-state index in [9.17, 15) is 14.7 Å². The number of rotatable bonds is 7. The first-order valence-corrected chi connectivity index (χ1v) is 9.57. The van der Waals surface area contributed by atoms with E-state index in [-0.39, 0.29) is 0 Å². The zero-order chi connectivity index (χ0) is 22.4. The molecule has 7 nitrogen and oxygen atoms in total. The largest absolute Gasteiger partial charge is 0.497 e. The molecule has 1 unspecified atom stereocenters. The van der Waals surface area contributed by atoms with Crippen LogP contribution in [0.3, 0.4) is 0 Å². The SMILES string of the molecule is COc1ccc(N(C=O)C(=O)N(c2ccc(OC)cc2)C(C)(O)c2ccccc2)cc1. The van der Waals surface area contributed by atoms with Gasteiger partial charge in [-0.2, -0.15) is 0 Å². The molecule has 0 saturated carbocycles. The van der Waals surface area contributed by atoms with E-state index in [1.165, 1.54) is 26.0 Å². The lowest BCUT2D eigenvalue weighted by Gasteiger charge is -2.39. The van der Waals surface area contributed by atoms with Gasteiger partial charge in [0.25, 0.3) is 0 Å². The highest BCUT2D eigenvalue weighted by Crippen LogP contribution is 2.34. The molecule has 31 heavy (non-hydrogen) atoms. The number of methoxy groups -OCH3 is 2. The lowest BCUT2D eigenvalue weighted by molar-refractivity contribution is -0.106. The van der Waals surface area contributed by atoms with Crippen LogP contribution in [0, 0.1) is 0 Å². The van der Waals surface area contributed by atoms with Crippen LogP contribution < -0.4 is 19.3 Å². The second-order valence-corrected chi connectivity index (χ2v) is 6.88. The van der Waals surface area contributed by atoms with Crippen LogP contribution >= 0.6 is 0 Å². The molecule has 0 aliphatic carbocycles. The van der Waals surface area contributed by atoms with E-state index in [0.717, 1.165) is 4.90 Å². The quantitative estimate of drug-likeness (QED) is 0.459. The van der Waals surface area contributed by atoms with Crippen molar-refractivity contribution in [3.63, 3.8) is 0 Å². The molecular formula is C24H24N2O5. The summed E-state index contributed by atoms with van der Waals surface area (Å²) in [4.78, 5) is 27.6. The van der Waals surface area contributed by atoms with Gasteiger partial charge < -0.3 is 14.6 Å². The van der Waals surface area contributed by atoms with Gasteiger partial charge in [0.05, 0.1) is 19.9 Å². The van der Waals surface area contributed by atoms with Crippen LogP contribution in [0.1, 0.15) is 12.5 Å². The summed E-state index contributed by atoms with van der Waals surface area (Å²) in [5.74, 6) is 1.18. The first kappa shape index (κ1) is 21.9. The van der Waals surface area contributed by atoms with Gasteiger partial charge in [-0.3, -0.25) is 9.69 Å². The van der Waals surface area contributed by atoms with Crippen molar-refractivity contribution in [2.24, 2.45) is 0 Å². The fourth-order valence-corrected chi connectivity index (χ4v) is 3.23. The van der Waals surface area contributed by atoms with Gasteiger partial charge in [0.1, 0.15) is 11.5 Å². The number of carbonyl (C=O) groups excluding carboxylic acids is 2. The Balaban J connectivity index is 2.09. The molecule has 0 aliphatic rings. The topological polar surface area (TPSA) is 79.3 Å². The van der Waals surface area contributed by atoms with E-state index in [4.69, 9.17) is 9.47 Å². The van der Waals surface area contributed by atoms with Crippen LogP contribution in [0.5, 0.6) is 11.5 Å². The zero-order valence-electron chi connectivity index (χ0n) is 17.6. The van der Waals surface area contributed by atoms with Crippen molar-refractivity contribution in [3.05, 3.63) is 84.4 Å². The Hall–Kier alpha value is -3.84. The number of nitrogens with zero attached hydrogens (tertiary/aromatic N) is 2. The summed E-state index contributed by atoms with van der Waals surface area (Å²) in [7, 11) is 3.07. The summed E-state index contributed by atoms with van der Waals surface area (Å²) in [6.45, 7) is 1.50. The summed E-state index contributed by atoms with van der Waals surface area (Å²) < 4.78 is 10.3. The molecule has 0 aromatic heterocycles. The minimum atomic E-state index is -1.75. The van der Waals surface area contributed by atoms with Crippen LogP contribution in [0.2, 0.25) is 0 Å². The highest BCUT2D eigenvalue weighted by Gasteiger charge is 2.39. The first-order valence-electron chi connectivity index (χ1n) is 9.57. The number of amides is 3. The van der Waals surface area contributed by atoms with Crippen molar-refractivity contribution in [2.45, 2.75) is 12.6 Å². The molecule has 3 aromatic carbocycles. The number of carbonyl (C=O) groups is 2. The van der Waals surface area contributed by atoms with Crippen molar-refractivity contribution in [3.8, 4) is 11.5 Å². The average Bonchev–Trinajstić information content (AvgIpc) is 2.81. The molecular weight excluding hydrogens is 396 g/mol. The van der Waals surface area contributed by atoms with Crippen LogP contribution in [0.15, 0.2) is 78.9 Å². The number of imide groups is 1. The Morgan fingerprint density at radius 1 is 0.839 bits per heavy atom. The molecule has 0 fully saturated rings. The Labute approximate surface area is 181 Å². The number of urea groups is 1. The monoisotopic (exact) mass is 420 g/mol. The Morgan fingerprint density at radius 3 is 1.77 bits per heavy atom. The fraction of sp³-hybridized carbons (Fsp3) is 0.167. The first-order chi connectivity index (χ1) is 14.9. The van der Waals surface area contributed by atoms with Crippen LogP contribution in [-0.2, 0) is 10.5 Å². The normalized spacial score (nSPS) is 12.4. The molecule has 0 bridgehead atoms. The van der Waals surface area contributed by atoms with Gasteiger partial charge in [-0.05, 0) is 55.5 Å². The lowest BCUT2D eigenvalue weighted by atomic mass is 10.0. The Morgan fingerprint density at radius 2 is 1.32 bits per heavy atom. The molecule has 0 heterocycles. The third kappa shape index (κ3) is 4.51. The lowest BCUT2D eigenvalue weighted by Crippen LogP contribution is -2.53. The van der Waals surface area contributed by atoms with E-state index in [0.29, 0.717) is 34.8 Å². The van der Waals surface area contributed by atoms with Crippen LogP contribution in [-0.4, -0.2) is 31.8 Å². The molecule has 1 N–H and O–H groups in total. The second kappa shape index (κ2) is 9.32. The maximum Gasteiger partial charge on any atom is 0.338 e. The zero-order valence-corrected chi connectivity index (χ0v) is 17.6. The molecule has 7 heteroatoms. The molecule has 0 saturated heterocycles. The minimum Gasteiger partial charge on any atom is -0.497 e. The molecule has 160 valence electrons. The molecule has 0 aliphatic heterocycles. The third-order valence-electron chi connectivity index (χ3n) is 4.94. The van der Waals surface area contributed by atoms with Gasteiger partial charge in [-0.25, -0.2) is 9.69 Å². The molecule has 0 radical (unpaired) electrons. The second-order valence-electron chi connectivity index (χ2n) is 6.88. The highest BCUT2D eigenvalue weighted by molar-refractivity contribution is 6.13. The van der Waals surface area contributed by atoms with E-state index in [1.807, 2.05) is 6.07 Å². The maximum atomic E-state index is 13.6. The van der Waals surface area contributed by atoms with Gasteiger partial charge >= 0.3 is 6.03 Å². The van der Waals surface area contributed by atoms with Crippen molar-refractivity contribution in [2.75, 3.05) is 24.0 Å². The smallest absolute Gasteiger partial charge is 0.338 e. The van der Waals surface area contributed by atoms with Crippen molar-refractivity contribution >= 4 is 23.8 Å². The van der Waals surface area contributed by atoms with Crippen LogP contribution in [0.25, 0.3) is 0 Å². The van der Waals surface area contributed by atoms with E-state index >= 15 is 0 Å². The number of aliphatic hydroxyl groups is 1. The number of hydrogen-bond acceptors (Lipinski definition) is 5. The van der Waals surface area contributed by atoms with E-state index in [2.05, 4.69) is 0 Å². The molecule has 1 atom stereocenters. The summed E-state index contributed by atoms with van der Waals surface area (Å²) in [5.41, 5.74) is -0.538. The molecule has 3 aromatic rings. The van der Waals surface area contributed by atoms with Gasteiger partial charge in [-0.1, -0.05) is 30.3 Å².